The number of carbonyl (C=O) groups is 1. The molecule has 3 N–H and O–H groups in total. The van der Waals surface area contributed by atoms with Crippen molar-refractivity contribution in [2.75, 3.05) is 6.54 Å². The van der Waals surface area contributed by atoms with Gasteiger partial charge in [-0.2, -0.15) is 0 Å². The van der Waals surface area contributed by atoms with Gasteiger partial charge in [0.2, 0.25) is 5.91 Å². The molecule has 1 rings (SSSR count). The molecule has 0 saturated heterocycles. The average molecular weight is 293 g/mol. The highest BCUT2D eigenvalue weighted by molar-refractivity contribution is 5.85. The first-order chi connectivity index (χ1) is 8.34. The summed E-state index contributed by atoms with van der Waals surface area (Å²) in [5, 5.41) is 2.73. The number of aryl methyl sites for hydroxylation is 1. The Kier molecular flexibility index (Phi) is 6.94. The van der Waals surface area contributed by atoms with Gasteiger partial charge in [-0.1, -0.05) is 0 Å². The van der Waals surface area contributed by atoms with Gasteiger partial charge in [0.05, 0.1) is 0 Å². The highest BCUT2D eigenvalue weighted by atomic mass is 35.5. The Morgan fingerprint density at radius 3 is 2.58 bits per heavy atom. The van der Waals surface area contributed by atoms with Gasteiger partial charge >= 0.3 is 0 Å². The van der Waals surface area contributed by atoms with Crippen molar-refractivity contribution < 1.29 is 13.6 Å². The standard InChI is InChI=1S/C13H18F2N2O.ClH/c1-13(2,8-16)17-12(18)6-3-9-7-10(14)4-5-11(9)15;/h4-5,7H,3,6,8,16H2,1-2H3,(H,17,18);1H. The van der Waals surface area contributed by atoms with Crippen LogP contribution in [0.2, 0.25) is 0 Å². The molecule has 1 aromatic carbocycles. The third kappa shape index (κ3) is 5.98. The minimum absolute atomic E-state index is 0. The monoisotopic (exact) mass is 292 g/mol. The van der Waals surface area contributed by atoms with E-state index < -0.39 is 17.2 Å². The van der Waals surface area contributed by atoms with Crippen molar-refractivity contribution in [2.45, 2.75) is 32.2 Å². The Balaban J connectivity index is 0.00000324. The second-order valence-corrected chi connectivity index (χ2v) is 4.87. The first kappa shape index (κ1) is 17.8. The summed E-state index contributed by atoms with van der Waals surface area (Å²) in [4.78, 5) is 11.6. The Morgan fingerprint density at radius 2 is 2.00 bits per heavy atom. The SMILES string of the molecule is CC(C)(CN)NC(=O)CCc1cc(F)ccc1F.Cl. The van der Waals surface area contributed by atoms with Crippen LogP contribution in [0.15, 0.2) is 18.2 Å². The van der Waals surface area contributed by atoms with Crippen molar-refractivity contribution in [2.24, 2.45) is 5.73 Å². The van der Waals surface area contributed by atoms with Crippen molar-refractivity contribution >= 4 is 18.3 Å². The third-order valence-electron chi connectivity index (χ3n) is 2.62. The molecular weight excluding hydrogens is 274 g/mol. The lowest BCUT2D eigenvalue weighted by molar-refractivity contribution is -0.122. The maximum absolute atomic E-state index is 13.3. The Bertz CT molecular complexity index is 439. The van der Waals surface area contributed by atoms with Crippen LogP contribution in [0.25, 0.3) is 0 Å². The number of nitrogens with two attached hydrogens (primary N) is 1. The molecule has 3 nitrogen and oxygen atoms in total. The molecule has 0 aliphatic carbocycles. The Hall–Kier alpha value is -1.20. The van der Waals surface area contributed by atoms with Gasteiger partial charge in [0, 0.05) is 18.5 Å². The van der Waals surface area contributed by atoms with Gasteiger partial charge in [0.25, 0.3) is 0 Å². The van der Waals surface area contributed by atoms with Crippen LogP contribution in [0.3, 0.4) is 0 Å². The maximum atomic E-state index is 13.3. The van der Waals surface area contributed by atoms with Gasteiger partial charge in [-0.25, -0.2) is 8.78 Å². The van der Waals surface area contributed by atoms with Gasteiger partial charge in [-0.3, -0.25) is 4.79 Å². The summed E-state index contributed by atoms with van der Waals surface area (Å²) in [6.07, 6.45) is 0.264. The molecule has 0 aliphatic rings. The number of halogens is 3. The maximum Gasteiger partial charge on any atom is 0.220 e. The van der Waals surface area contributed by atoms with Gasteiger partial charge in [0.15, 0.2) is 0 Å². The van der Waals surface area contributed by atoms with Crippen LogP contribution in [0, 0.1) is 11.6 Å². The second kappa shape index (κ2) is 7.40. The number of hydrogen-bond donors (Lipinski definition) is 2. The first-order valence-corrected chi connectivity index (χ1v) is 5.79. The molecule has 0 bridgehead atoms. The quantitative estimate of drug-likeness (QED) is 0.874. The van der Waals surface area contributed by atoms with Crippen LogP contribution >= 0.6 is 12.4 Å². The predicted molar refractivity (Wildman–Crippen MR) is 73.2 cm³/mol. The number of benzene rings is 1. The molecule has 108 valence electrons. The molecule has 0 saturated carbocycles. The first-order valence-electron chi connectivity index (χ1n) is 5.79. The van der Waals surface area contributed by atoms with Crippen LogP contribution in [-0.2, 0) is 11.2 Å². The normalized spacial score (nSPS) is 10.8. The minimum Gasteiger partial charge on any atom is -0.350 e. The van der Waals surface area contributed by atoms with Gasteiger partial charge in [0.1, 0.15) is 11.6 Å². The van der Waals surface area contributed by atoms with Crippen molar-refractivity contribution in [1.82, 2.24) is 5.32 Å². The Morgan fingerprint density at radius 1 is 1.37 bits per heavy atom. The van der Waals surface area contributed by atoms with Crippen LogP contribution < -0.4 is 11.1 Å². The summed E-state index contributed by atoms with van der Waals surface area (Å²) in [6.45, 7) is 3.91. The zero-order valence-electron chi connectivity index (χ0n) is 11.0. The molecule has 0 atom stereocenters. The van der Waals surface area contributed by atoms with E-state index in [1.165, 1.54) is 0 Å². The molecule has 0 spiro atoms. The molecule has 0 heterocycles. The zero-order valence-corrected chi connectivity index (χ0v) is 11.8. The second-order valence-electron chi connectivity index (χ2n) is 4.87. The van der Waals surface area contributed by atoms with E-state index in [1.54, 1.807) is 13.8 Å². The van der Waals surface area contributed by atoms with Gasteiger partial charge < -0.3 is 11.1 Å². The smallest absolute Gasteiger partial charge is 0.220 e. The van der Waals surface area contributed by atoms with Gasteiger partial charge in [-0.15, -0.1) is 12.4 Å². The number of carbonyl (C=O) groups excluding carboxylic acids is 1. The van der Waals surface area contributed by atoms with E-state index in [1.807, 2.05) is 0 Å². The van der Waals surface area contributed by atoms with Crippen molar-refractivity contribution in [1.29, 1.82) is 0 Å². The molecule has 1 aromatic rings. The summed E-state index contributed by atoms with van der Waals surface area (Å²) < 4.78 is 26.2. The lowest BCUT2D eigenvalue weighted by atomic mass is 10.0. The molecular formula is C13H19ClF2N2O. The fourth-order valence-electron chi connectivity index (χ4n) is 1.47. The molecule has 0 unspecified atom stereocenters. The van der Waals surface area contributed by atoms with Crippen LogP contribution in [0.4, 0.5) is 8.78 Å². The summed E-state index contributed by atoms with van der Waals surface area (Å²) >= 11 is 0. The topological polar surface area (TPSA) is 55.1 Å². The number of hydrogen-bond acceptors (Lipinski definition) is 2. The highest BCUT2D eigenvalue weighted by Gasteiger charge is 2.18. The Labute approximate surface area is 118 Å². The number of nitrogens with one attached hydrogen (secondary N) is 1. The molecule has 0 aliphatic heterocycles. The van der Waals surface area contributed by atoms with E-state index in [4.69, 9.17) is 5.73 Å². The average Bonchev–Trinajstić information content (AvgIpc) is 2.30. The molecule has 1 amide bonds. The van der Waals surface area contributed by atoms with Crippen molar-refractivity contribution in [3.63, 3.8) is 0 Å². The summed E-state index contributed by atoms with van der Waals surface area (Å²) in [6, 6.07) is 3.22. The summed E-state index contributed by atoms with van der Waals surface area (Å²) in [5.74, 6) is -1.23. The lowest BCUT2D eigenvalue weighted by Crippen LogP contribution is -2.48. The van der Waals surface area contributed by atoms with Crippen molar-refractivity contribution in [3.05, 3.63) is 35.4 Å². The minimum atomic E-state index is -0.505. The third-order valence-corrected chi connectivity index (χ3v) is 2.62. The summed E-state index contributed by atoms with van der Waals surface area (Å²) in [5.41, 5.74) is 5.20. The molecule has 0 fully saturated rings. The lowest BCUT2D eigenvalue weighted by Gasteiger charge is -2.24. The van der Waals surface area contributed by atoms with E-state index in [-0.39, 0.29) is 36.7 Å². The molecule has 19 heavy (non-hydrogen) atoms. The van der Waals surface area contributed by atoms with Crippen molar-refractivity contribution in [3.8, 4) is 0 Å². The van der Waals surface area contributed by atoms with Gasteiger partial charge in [-0.05, 0) is 44.0 Å². The number of amides is 1. The zero-order chi connectivity index (χ0) is 13.8. The molecule has 0 radical (unpaired) electrons. The largest absolute Gasteiger partial charge is 0.350 e. The fraction of sp³-hybridized carbons (Fsp3) is 0.462. The van der Waals surface area contributed by atoms with Crippen LogP contribution in [0.1, 0.15) is 25.8 Å². The molecule has 6 heteroatoms. The molecule has 0 aromatic heterocycles. The van der Waals surface area contributed by atoms with E-state index in [9.17, 15) is 13.6 Å². The van der Waals surface area contributed by atoms with Crippen LogP contribution in [-0.4, -0.2) is 18.0 Å². The van der Waals surface area contributed by atoms with Crippen LogP contribution in [0.5, 0.6) is 0 Å². The van der Waals surface area contributed by atoms with E-state index in [0.29, 0.717) is 6.54 Å². The van der Waals surface area contributed by atoms with E-state index >= 15 is 0 Å². The summed E-state index contributed by atoms with van der Waals surface area (Å²) in [7, 11) is 0. The fourth-order valence-corrected chi connectivity index (χ4v) is 1.47. The predicted octanol–water partition coefficient (Wildman–Crippen LogP) is 2.17. The number of rotatable bonds is 5. The van der Waals surface area contributed by atoms with E-state index in [2.05, 4.69) is 5.32 Å². The van der Waals surface area contributed by atoms with E-state index in [0.717, 1.165) is 18.2 Å². The highest BCUT2D eigenvalue weighted by Crippen LogP contribution is 2.12.